The number of rotatable bonds is 5. The van der Waals surface area contributed by atoms with Crippen LogP contribution in [0.15, 0.2) is 65.1 Å². The molecule has 1 aromatic heterocycles. The third-order valence-corrected chi connectivity index (χ3v) is 6.27. The summed E-state index contributed by atoms with van der Waals surface area (Å²) in [6.45, 7) is 10.4. The SMILES string of the molecule is Cc1cccc(-c2nc(C(=O)Nc3ccc(Br)cc3C(C)C)nn2-c2cccc(C)c2C)c1. The zero-order chi connectivity index (χ0) is 23.7. The van der Waals surface area contributed by atoms with Gasteiger partial charge in [0, 0.05) is 15.7 Å². The molecule has 0 atom stereocenters. The van der Waals surface area contributed by atoms with Crippen molar-refractivity contribution >= 4 is 27.5 Å². The van der Waals surface area contributed by atoms with E-state index in [9.17, 15) is 4.79 Å². The maximum absolute atomic E-state index is 13.3. The van der Waals surface area contributed by atoms with Crippen LogP contribution >= 0.6 is 15.9 Å². The Hall–Kier alpha value is -3.25. The molecule has 3 aromatic carbocycles. The predicted molar refractivity (Wildman–Crippen MR) is 137 cm³/mol. The summed E-state index contributed by atoms with van der Waals surface area (Å²) >= 11 is 3.52. The van der Waals surface area contributed by atoms with Crippen LogP contribution in [0.4, 0.5) is 5.69 Å². The number of nitrogens with one attached hydrogen (secondary N) is 1. The molecule has 0 saturated carbocycles. The van der Waals surface area contributed by atoms with Gasteiger partial charge in [-0.3, -0.25) is 4.79 Å². The van der Waals surface area contributed by atoms with Gasteiger partial charge in [-0.15, -0.1) is 5.10 Å². The first kappa shape index (κ1) is 22.9. The number of carbonyl (C=O) groups excluding carboxylic acids is 1. The van der Waals surface area contributed by atoms with E-state index in [1.165, 1.54) is 0 Å². The lowest BCUT2D eigenvalue weighted by molar-refractivity contribution is 0.101. The van der Waals surface area contributed by atoms with Crippen molar-refractivity contribution in [2.45, 2.75) is 40.5 Å². The van der Waals surface area contributed by atoms with Gasteiger partial charge in [0.2, 0.25) is 5.82 Å². The standard InChI is InChI=1S/C27H27BrN4O/c1-16(2)22-15-21(28)12-13-23(22)29-27(33)25-30-26(20-10-6-8-17(3)14-20)32(31-25)24-11-7-9-18(4)19(24)5/h6-16H,1-5H3,(H,29,33). The summed E-state index contributed by atoms with van der Waals surface area (Å²) in [5, 5.41) is 7.68. The molecule has 0 fully saturated rings. The van der Waals surface area contributed by atoms with Gasteiger partial charge in [0.1, 0.15) is 0 Å². The van der Waals surface area contributed by atoms with E-state index < -0.39 is 0 Å². The van der Waals surface area contributed by atoms with E-state index in [0.717, 1.165) is 43.7 Å². The average Bonchev–Trinajstić information content (AvgIpc) is 3.22. The molecule has 1 heterocycles. The van der Waals surface area contributed by atoms with Crippen molar-refractivity contribution in [2.24, 2.45) is 0 Å². The van der Waals surface area contributed by atoms with Crippen LogP contribution in [-0.4, -0.2) is 20.7 Å². The number of benzene rings is 3. The summed E-state index contributed by atoms with van der Waals surface area (Å²) in [6, 6.07) is 20.0. The average molecular weight is 503 g/mol. The Morgan fingerprint density at radius 1 is 1.00 bits per heavy atom. The van der Waals surface area contributed by atoms with E-state index in [1.54, 1.807) is 4.68 Å². The Kier molecular flexibility index (Phi) is 6.47. The van der Waals surface area contributed by atoms with Crippen LogP contribution in [0.5, 0.6) is 0 Å². The lowest BCUT2D eigenvalue weighted by atomic mass is 10.0. The van der Waals surface area contributed by atoms with Gasteiger partial charge in [-0.05, 0) is 73.7 Å². The molecule has 4 aromatic rings. The van der Waals surface area contributed by atoms with Crippen molar-refractivity contribution < 1.29 is 4.79 Å². The van der Waals surface area contributed by atoms with Crippen LogP contribution in [0.2, 0.25) is 0 Å². The molecule has 1 amide bonds. The summed E-state index contributed by atoms with van der Waals surface area (Å²) in [5.74, 6) is 0.681. The minimum atomic E-state index is -0.336. The van der Waals surface area contributed by atoms with Crippen LogP contribution in [0.25, 0.3) is 17.1 Å². The highest BCUT2D eigenvalue weighted by atomic mass is 79.9. The van der Waals surface area contributed by atoms with Crippen molar-refractivity contribution in [3.8, 4) is 17.1 Å². The normalized spacial score (nSPS) is 11.1. The minimum Gasteiger partial charge on any atom is -0.319 e. The van der Waals surface area contributed by atoms with E-state index in [-0.39, 0.29) is 17.6 Å². The molecule has 0 aliphatic heterocycles. The van der Waals surface area contributed by atoms with Crippen LogP contribution in [0, 0.1) is 20.8 Å². The Morgan fingerprint density at radius 2 is 1.76 bits per heavy atom. The number of aromatic nitrogens is 3. The second-order valence-corrected chi connectivity index (χ2v) is 9.52. The van der Waals surface area contributed by atoms with Gasteiger partial charge in [0.05, 0.1) is 5.69 Å². The first-order chi connectivity index (χ1) is 15.7. The molecule has 0 bridgehead atoms. The van der Waals surface area contributed by atoms with Crippen molar-refractivity contribution in [1.82, 2.24) is 14.8 Å². The van der Waals surface area contributed by atoms with E-state index in [2.05, 4.69) is 71.2 Å². The Bertz CT molecular complexity index is 1340. The number of anilines is 1. The van der Waals surface area contributed by atoms with Gasteiger partial charge in [0.25, 0.3) is 5.91 Å². The third-order valence-electron chi connectivity index (χ3n) is 5.77. The number of amides is 1. The van der Waals surface area contributed by atoms with Gasteiger partial charge in [0.15, 0.2) is 5.82 Å². The maximum Gasteiger partial charge on any atom is 0.295 e. The first-order valence-corrected chi connectivity index (χ1v) is 11.8. The predicted octanol–water partition coefficient (Wildman–Crippen LogP) is 7.00. The topological polar surface area (TPSA) is 59.8 Å². The quantitative estimate of drug-likeness (QED) is 0.319. The molecule has 0 saturated heterocycles. The van der Waals surface area contributed by atoms with Gasteiger partial charge >= 0.3 is 0 Å². The summed E-state index contributed by atoms with van der Waals surface area (Å²) in [6.07, 6.45) is 0. The fraction of sp³-hybridized carbons (Fsp3) is 0.222. The molecule has 0 unspecified atom stereocenters. The molecule has 168 valence electrons. The van der Waals surface area contributed by atoms with Crippen LogP contribution in [-0.2, 0) is 0 Å². The number of aryl methyl sites for hydroxylation is 2. The zero-order valence-electron chi connectivity index (χ0n) is 19.5. The molecule has 0 radical (unpaired) electrons. The van der Waals surface area contributed by atoms with Crippen LogP contribution < -0.4 is 5.32 Å². The molecule has 4 rings (SSSR count). The lowest BCUT2D eigenvalue weighted by Crippen LogP contribution is -2.16. The molecule has 0 aliphatic carbocycles. The third kappa shape index (κ3) is 4.76. The highest BCUT2D eigenvalue weighted by Gasteiger charge is 2.21. The minimum absolute atomic E-state index is 0.130. The van der Waals surface area contributed by atoms with Crippen molar-refractivity contribution in [3.63, 3.8) is 0 Å². The molecular formula is C27H27BrN4O. The second kappa shape index (κ2) is 9.32. The van der Waals surface area contributed by atoms with Crippen LogP contribution in [0.1, 0.15) is 52.6 Å². The lowest BCUT2D eigenvalue weighted by Gasteiger charge is -2.13. The molecule has 0 aliphatic rings. The smallest absolute Gasteiger partial charge is 0.295 e. The van der Waals surface area contributed by atoms with Gasteiger partial charge in [-0.25, -0.2) is 9.67 Å². The number of hydrogen-bond acceptors (Lipinski definition) is 3. The number of hydrogen-bond donors (Lipinski definition) is 1. The fourth-order valence-corrected chi connectivity index (χ4v) is 4.19. The maximum atomic E-state index is 13.3. The summed E-state index contributed by atoms with van der Waals surface area (Å²) in [4.78, 5) is 17.9. The molecule has 6 heteroatoms. The summed E-state index contributed by atoms with van der Waals surface area (Å²) in [7, 11) is 0. The molecule has 0 spiro atoms. The fourth-order valence-electron chi connectivity index (χ4n) is 3.82. The molecule has 33 heavy (non-hydrogen) atoms. The van der Waals surface area contributed by atoms with E-state index in [1.807, 2.05) is 55.5 Å². The van der Waals surface area contributed by atoms with Crippen molar-refractivity contribution in [2.75, 3.05) is 5.32 Å². The van der Waals surface area contributed by atoms with E-state index in [0.29, 0.717) is 5.82 Å². The Labute approximate surface area is 203 Å². The highest BCUT2D eigenvalue weighted by molar-refractivity contribution is 9.10. The van der Waals surface area contributed by atoms with Gasteiger partial charge in [-0.2, -0.15) is 0 Å². The van der Waals surface area contributed by atoms with Crippen molar-refractivity contribution in [1.29, 1.82) is 0 Å². The van der Waals surface area contributed by atoms with Gasteiger partial charge < -0.3 is 5.32 Å². The number of nitrogens with zero attached hydrogens (tertiary/aromatic N) is 3. The number of carbonyl (C=O) groups is 1. The Morgan fingerprint density at radius 3 is 2.48 bits per heavy atom. The van der Waals surface area contributed by atoms with E-state index >= 15 is 0 Å². The summed E-state index contributed by atoms with van der Waals surface area (Å²) < 4.78 is 2.75. The molecular weight excluding hydrogens is 476 g/mol. The molecule has 1 N–H and O–H groups in total. The monoisotopic (exact) mass is 502 g/mol. The largest absolute Gasteiger partial charge is 0.319 e. The second-order valence-electron chi connectivity index (χ2n) is 8.60. The zero-order valence-corrected chi connectivity index (χ0v) is 21.1. The first-order valence-electron chi connectivity index (χ1n) is 11.0. The molecule has 5 nitrogen and oxygen atoms in total. The van der Waals surface area contributed by atoms with E-state index in [4.69, 9.17) is 0 Å². The Balaban J connectivity index is 1.81. The summed E-state index contributed by atoms with van der Waals surface area (Å²) in [5.41, 5.74) is 6.99. The highest BCUT2D eigenvalue weighted by Crippen LogP contribution is 2.29. The van der Waals surface area contributed by atoms with Crippen molar-refractivity contribution in [3.05, 3.63) is 93.2 Å². The number of halogens is 1. The van der Waals surface area contributed by atoms with Gasteiger partial charge in [-0.1, -0.05) is 65.7 Å². The van der Waals surface area contributed by atoms with Crippen LogP contribution in [0.3, 0.4) is 0 Å².